The van der Waals surface area contributed by atoms with Crippen molar-refractivity contribution in [2.45, 2.75) is 45.6 Å². The Morgan fingerprint density at radius 2 is 2.08 bits per heavy atom. The third kappa shape index (κ3) is 4.83. The van der Waals surface area contributed by atoms with E-state index in [4.69, 9.17) is 5.11 Å². The summed E-state index contributed by atoms with van der Waals surface area (Å²) in [6, 6.07) is 0. The van der Waals surface area contributed by atoms with Crippen LogP contribution in [0, 0.1) is 16.0 Å². The van der Waals surface area contributed by atoms with Gasteiger partial charge in [-0.3, -0.25) is 10.1 Å². The minimum absolute atomic E-state index is 0.170. The monoisotopic (exact) mass is 189 g/mol. The quantitative estimate of drug-likeness (QED) is 0.512. The molecule has 4 nitrogen and oxygen atoms in total. The minimum Gasteiger partial charge on any atom is -0.396 e. The third-order valence-corrected chi connectivity index (χ3v) is 2.20. The maximum Gasteiger partial charge on any atom is 0.217 e. The van der Waals surface area contributed by atoms with Crippen LogP contribution in [0.5, 0.6) is 0 Å². The van der Waals surface area contributed by atoms with Gasteiger partial charge in [-0.2, -0.15) is 0 Å². The molecule has 4 heteroatoms. The molecule has 0 amide bonds. The van der Waals surface area contributed by atoms with Crippen LogP contribution in [0.3, 0.4) is 0 Å². The highest BCUT2D eigenvalue weighted by atomic mass is 16.6. The first-order valence-electron chi connectivity index (χ1n) is 4.65. The number of nitro groups is 1. The van der Waals surface area contributed by atoms with Gasteiger partial charge in [0.15, 0.2) is 0 Å². The molecule has 0 saturated carbocycles. The van der Waals surface area contributed by atoms with Gasteiger partial charge in [-0.1, -0.05) is 6.92 Å². The lowest BCUT2D eigenvalue weighted by Crippen LogP contribution is -2.32. The molecule has 0 aromatic carbocycles. The summed E-state index contributed by atoms with van der Waals surface area (Å²) in [5.41, 5.74) is -0.838. The van der Waals surface area contributed by atoms with Gasteiger partial charge in [0.1, 0.15) is 0 Å². The molecule has 0 aromatic rings. The van der Waals surface area contributed by atoms with E-state index in [1.54, 1.807) is 13.8 Å². The molecule has 0 aliphatic carbocycles. The number of rotatable bonds is 6. The van der Waals surface area contributed by atoms with Crippen molar-refractivity contribution in [2.75, 3.05) is 6.61 Å². The van der Waals surface area contributed by atoms with E-state index in [1.807, 2.05) is 6.92 Å². The van der Waals surface area contributed by atoms with Crippen molar-refractivity contribution in [1.29, 1.82) is 0 Å². The molecule has 0 fully saturated rings. The summed E-state index contributed by atoms with van der Waals surface area (Å²) in [5, 5.41) is 19.2. The zero-order chi connectivity index (χ0) is 10.5. The molecular weight excluding hydrogens is 170 g/mol. The predicted molar refractivity (Wildman–Crippen MR) is 51.2 cm³/mol. The van der Waals surface area contributed by atoms with Crippen LogP contribution in [0.25, 0.3) is 0 Å². The highest BCUT2D eigenvalue weighted by Crippen LogP contribution is 2.22. The molecule has 0 rings (SSSR count). The van der Waals surface area contributed by atoms with Crippen LogP contribution < -0.4 is 0 Å². The summed E-state index contributed by atoms with van der Waals surface area (Å²) in [6.45, 7) is 5.44. The zero-order valence-corrected chi connectivity index (χ0v) is 8.62. The average Bonchev–Trinajstić information content (AvgIpc) is 1.99. The second-order valence-corrected chi connectivity index (χ2v) is 4.24. The van der Waals surface area contributed by atoms with Crippen molar-refractivity contribution in [3.05, 3.63) is 10.1 Å². The average molecular weight is 189 g/mol. The fraction of sp³-hybridized carbons (Fsp3) is 1.00. The van der Waals surface area contributed by atoms with Gasteiger partial charge < -0.3 is 5.11 Å². The first-order valence-corrected chi connectivity index (χ1v) is 4.65. The molecule has 0 saturated heterocycles. The largest absolute Gasteiger partial charge is 0.396 e. The Kier molecular flexibility index (Phi) is 4.91. The summed E-state index contributed by atoms with van der Waals surface area (Å²) >= 11 is 0. The summed E-state index contributed by atoms with van der Waals surface area (Å²) < 4.78 is 0. The Bertz CT molecular complexity index is 168. The van der Waals surface area contributed by atoms with Crippen LogP contribution in [0.4, 0.5) is 0 Å². The maximum atomic E-state index is 10.6. The Hall–Kier alpha value is -0.640. The van der Waals surface area contributed by atoms with Crippen molar-refractivity contribution in [3.8, 4) is 0 Å². The van der Waals surface area contributed by atoms with Crippen molar-refractivity contribution < 1.29 is 10.0 Å². The van der Waals surface area contributed by atoms with E-state index in [0.717, 1.165) is 12.8 Å². The molecule has 78 valence electrons. The van der Waals surface area contributed by atoms with Crippen LogP contribution >= 0.6 is 0 Å². The number of hydrogen-bond donors (Lipinski definition) is 1. The minimum atomic E-state index is -0.838. The van der Waals surface area contributed by atoms with Crippen molar-refractivity contribution >= 4 is 0 Å². The lowest BCUT2D eigenvalue weighted by atomic mass is 9.89. The summed E-state index contributed by atoms with van der Waals surface area (Å²) in [5.74, 6) is 0.299. The fourth-order valence-electron chi connectivity index (χ4n) is 1.47. The van der Waals surface area contributed by atoms with E-state index < -0.39 is 5.54 Å². The molecule has 0 radical (unpaired) electrons. The van der Waals surface area contributed by atoms with Gasteiger partial charge in [0.2, 0.25) is 5.54 Å². The van der Waals surface area contributed by atoms with E-state index in [-0.39, 0.29) is 11.5 Å². The highest BCUT2D eigenvalue weighted by molar-refractivity contribution is 4.70. The topological polar surface area (TPSA) is 63.4 Å². The number of aliphatic hydroxyl groups excluding tert-OH is 1. The Labute approximate surface area is 79.1 Å². The summed E-state index contributed by atoms with van der Waals surface area (Å²) in [6.07, 6.45) is 2.16. The zero-order valence-electron chi connectivity index (χ0n) is 8.62. The molecule has 0 aliphatic heterocycles. The predicted octanol–water partition coefficient (Wildman–Crippen LogP) is 1.84. The smallest absolute Gasteiger partial charge is 0.217 e. The molecule has 1 atom stereocenters. The molecule has 0 aliphatic rings. The van der Waals surface area contributed by atoms with Crippen LogP contribution in [0.1, 0.15) is 40.0 Å². The molecule has 0 bridgehead atoms. The van der Waals surface area contributed by atoms with Crippen molar-refractivity contribution in [1.82, 2.24) is 0 Å². The van der Waals surface area contributed by atoms with Gasteiger partial charge in [0.05, 0.1) is 0 Å². The standard InChI is InChI=1S/C9H19NO3/c1-8(5-4-6-11)7-9(2,3)10(12)13/h8,11H,4-7H2,1-3H3. The molecule has 1 N–H and O–H groups in total. The summed E-state index contributed by atoms with van der Waals surface area (Å²) in [4.78, 5) is 10.4. The van der Waals surface area contributed by atoms with E-state index in [1.165, 1.54) is 0 Å². The van der Waals surface area contributed by atoms with Gasteiger partial charge in [-0.15, -0.1) is 0 Å². The number of aliphatic hydroxyl groups is 1. The van der Waals surface area contributed by atoms with E-state index in [9.17, 15) is 10.1 Å². The van der Waals surface area contributed by atoms with E-state index in [0.29, 0.717) is 12.3 Å². The lowest BCUT2D eigenvalue weighted by Gasteiger charge is -2.19. The van der Waals surface area contributed by atoms with Crippen LogP contribution in [0.2, 0.25) is 0 Å². The highest BCUT2D eigenvalue weighted by Gasteiger charge is 2.32. The molecule has 0 spiro atoms. The molecule has 1 unspecified atom stereocenters. The lowest BCUT2D eigenvalue weighted by molar-refractivity contribution is -0.563. The van der Waals surface area contributed by atoms with Gasteiger partial charge in [0.25, 0.3) is 0 Å². The van der Waals surface area contributed by atoms with Crippen LogP contribution in [-0.4, -0.2) is 22.2 Å². The van der Waals surface area contributed by atoms with E-state index >= 15 is 0 Å². The molecule has 0 aromatic heterocycles. The van der Waals surface area contributed by atoms with Crippen LogP contribution in [0.15, 0.2) is 0 Å². The fourth-order valence-corrected chi connectivity index (χ4v) is 1.47. The van der Waals surface area contributed by atoms with Crippen molar-refractivity contribution in [3.63, 3.8) is 0 Å². The molecule has 13 heavy (non-hydrogen) atoms. The Balaban J connectivity index is 3.89. The molecular formula is C9H19NO3. The van der Waals surface area contributed by atoms with Gasteiger partial charge in [0, 0.05) is 31.8 Å². The normalized spacial score (nSPS) is 14.2. The van der Waals surface area contributed by atoms with Gasteiger partial charge in [-0.05, 0) is 18.8 Å². The first-order chi connectivity index (χ1) is 5.90. The van der Waals surface area contributed by atoms with E-state index in [2.05, 4.69) is 0 Å². The second kappa shape index (κ2) is 5.17. The maximum absolute atomic E-state index is 10.6. The number of hydrogen-bond acceptors (Lipinski definition) is 3. The van der Waals surface area contributed by atoms with Gasteiger partial charge in [-0.25, -0.2) is 0 Å². The second-order valence-electron chi connectivity index (χ2n) is 4.24. The van der Waals surface area contributed by atoms with Crippen molar-refractivity contribution in [2.24, 2.45) is 5.92 Å². The summed E-state index contributed by atoms with van der Waals surface area (Å²) in [7, 11) is 0. The van der Waals surface area contributed by atoms with Crippen LogP contribution in [-0.2, 0) is 0 Å². The molecule has 0 heterocycles. The Morgan fingerprint density at radius 3 is 2.46 bits per heavy atom. The Morgan fingerprint density at radius 1 is 1.54 bits per heavy atom. The third-order valence-electron chi connectivity index (χ3n) is 2.20. The first kappa shape index (κ1) is 12.4. The number of nitrogens with zero attached hydrogens (tertiary/aromatic N) is 1. The van der Waals surface area contributed by atoms with Gasteiger partial charge >= 0.3 is 0 Å². The SMILES string of the molecule is CC(CCCO)CC(C)(C)[N+](=O)[O-].